The molecule has 0 bridgehead atoms. The van der Waals surface area contributed by atoms with Gasteiger partial charge in [-0.2, -0.15) is 5.10 Å². The van der Waals surface area contributed by atoms with E-state index in [1.807, 2.05) is 56.9 Å². The third-order valence-electron chi connectivity index (χ3n) is 7.70. The van der Waals surface area contributed by atoms with Gasteiger partial charge in [-0.15, -0.1) is 5.10 Å². The maximum Gasteiger partial charge on any atom is 0.155 e. The van der Waals surface area contributed by atoms with Gasteiger partial charge in [0.2, 0.25) is 0 Å². The van der Waals surface area contributed by atoms with Crippen molar-refractivity contribution in [3.63, 3.8) is 0 Å². The van der Waals surface area contributed by atoms with Crippen molar-refractivity contribution < 1.29 is 14.0 Å². The van der Waals surface area contributed by atoms with Gasteiger partial charge in [0.05, 0.1) is 43.6 Å². The first kappa shape index (κ1) is 28.2. The van der Waals surface area contributed by atoms with Crippen LogP contribution in [0.1, 0.15) is 26.7 Å². The molecule has 0 atom stereocenters. The molecule has 2 aliphatic rings. The van der Waals surface area contributed by atoms with E-state index in [9.17, 15) is 4.57 Å². The number of piperidine rings is 1. The smallest absolute Gasteiger partial charge is 0.155 e. The quantitative estimate of drug-likeness (QED) is 0.302. The highest BCUT2D eigenvalue weighted by Gasteiger charge is 2.30. The Morgan fingerprint density at radius 3 is 2.40 bits per heavy atom. The summed E-state index contributed by atoms with van der Waals surface area (Å²) >= 11 is 0. The second-order valence-corrected chi connectivity index (χ2v) is 14.6. The molecule has 0 radical (unpaired) electrons. The standard InChI is InChI=1S/C30H41N6O3P/c1-22(2)39-28-8-6-5-7-26(28)32-23-19-30(34-31-21-23)33-27-10-9-25(20-29(27)38-3)35-13-11-24(12-14-35)36-15-17-40(4,37)18-16-36/h5-10,19-22,24H,11-18H2,1-4H3,(H2,32,33,34). The highest BCUT2D eigenvalue weighted by atomic mass is 31.2. The fraction of sp³-hybridized carbons (Fsp3) is 0.467. The molecule has 5 rings (SSSR count). The Hall–Kier alpha value is -3.29. The van der Waals surface area contributed by atoms with E-state index in [0.717, 1.165) is 85.6 Å². The molecular formula is C30H41N6O3P. The van der Waals surface area contributed by atoms with Gasteiger partial charge in [-0.1, -0.05) is 12.1 Å². The summed E-state index contributed by atoms with van der Waals surface area (Å²) in [6.07, 6.45) is 5.73. The van der Waals surface area contributed by atoms with Crippen LogP contribution in [-0.4, -0.2) is 79.5 Å². The van der Waals surface area contributed by atoms with Crippen LogP contribution in [0.25, 0.3) is 0 Å². The van der Waals surface area contributed by atoms with Crippen LogP contribution in [0.15, 0.2) is 54.7 Å². The maximum absolute atomic E-state index is 12.4. The van der Waals surface area contributed by atoms with E-state index in [1.165, 1.54) is 0 Å². The van der Waals surface area contributed by atoms with Crippen molar-refractivity contribution in [3.05, 3.63) is 54.7 Å². The number of hydrogen-bond donors (Lipinski definition) is 2. The molecule has 2 aromatic carbocycles. The molecule has 0 aliphatic carbocycles. The summed E-state index contributed by atoms with van der Waals surface area (Å²) in [7, 11) is -0.200. The van der Waals surface area contributed by atoms with Gasteiger partial charge < -0.3 is 29.6 Å². The van der Waals surface area contributed by atoms with Gasteiger partial charge in [0.1, 0.15) is 11.5 Å². The zero-order valence-corrected chi connectivity index (χ0v) is 24.9. The number of anilines is 5. The van der Waals surface area contributed by atoms with Crippen LogP contribution in [-0.2, 0) is 4.57 Å². The van der Waals surface area contributed by atoms with Crippen molar-refractivity contribution in [3.8, 4) is 11.5 Å². The van der Waals surface area contributed by atoms with E-state index >= 15 is 0 Å². The molecule has 2 N–H and O–H groups in total. The highest BCUT2D eigenvalue weighted by molar-refractivity contribution is 7.63. The minimum atomic E-state index is -1.89. The summed E-state index contributed by atoms with van der Waals surface area (Å²) in [5.41, 5.74) is 3.65. The zero-order valence-electron chi connectivity index (χ0n) is 24.0. The van der Waals surface area contributed by atoms with Crippen LogP contribution in [0, 0.1) is 0 Å². The van der Waals surface area contributed by atoms with E-state index in [-0.39, 0.29) is 6.10 Å². The Balaban J connectivity index is 1.22. The lowest BCUT2D eigenvalue weighted by molar-refractivity contribution is 0.182. The molecule has 2 fully saturated rings. The number of nitrogens with one attached hydrogen (secondary N) is 2. The zero-order chi connectivity index (χ0) is 28.1. The molecule has 2 aliphatic heterocycles. The monoisotopic (exact) mass is 564 g/mol. The number of rotatable bonds is 9. The van der Waals surface area contributed by atoms with E-state index < -0.39 is 7.14 Å². The van der Waals surface area contributed by atoms with Crippen molar-refractivity contribution in [1.82, 2.24) is 15.1 Å². The predicted molar refractivity (Wildman–Crippen MR) is 164 cm³/mol. The molecule has 0 unspecified atom stereocenters. The van der Waals surface area contributed by atoms with E-state index in [1.54, 1.807) is 13.3 Å². The lowest BCUT2D eigenvalue weighted by atomic mass is 10.0. The molecule has 214 valence electrons. The van der Waals surface area contributed by atoms with E-state index in [4.69, 9.17) is 9.47 Å². The first-order chi connectivity index (χ1) is 19.3. The second-order valence-electron chi connectivity index (χ2n) is 11.1. The Kier molecular flexibility index (Phi) is 8.81. The number of nitrogens with zero attached hydrogens (tertiary/aromatic N) is 4. The van der Waals surface area contributed by atoms with Gasteiger partial charge >= 0.3 is 0 Å². The molecular weight excluding hydrogens is 523 g/mol. The number of para-hydroxylation sites is 2. The number of aromatic nitrogens is 2. The topological polar surface area (TPSA) is 91.9 Å². The largest absolute Gasteiger partial charge is 0.494 e. The Labute approximate surface area is 237 Å². The summed E-state index contributed by atoms with van der Waals surface area (Å²) < 4.78 is 24.1. The summed E-state index contributed by atoms with van der Waals surface area (Å²) in [5.74, 6) is 2.15. The van der Waals surface area contributed by atoms with E-state index in [0.29, 0.717) is 11.9 Å². The first-order valence-electron chi connectivity index (χ1n) is 14.1. The molecule has 3 heterocycles. The summed E-state index contributed by atoms with van der Waals surface area (Å²) in [6.45, 7) is 9.94. The van der Waals surface area contributed by atoms with Gasteiger partial charge in [-0.05, 0) is 57.6 Å². The van der Waals surface area contributed by atoms with Crippen LogP contribution in [0.4, 0.5) is 28.6 Å². The average Bonchev–Trinajstić information content (AvgIpc) is 2.94. The molecule has 9 nitrogen and oxygen atoms in total. The van der Waals surface area contributed by atoms with Crippen molar-refractivity contribution >= 4 is 35.7 Å². The summed E-state index contributed by atoms with van der Waals surface area (Å²) in [6, 6.07) is 16.6. The van der Waals surface area contributed by atoms with Crippen molar-refractivity contribution in [2.75, 3.05) is 67.8 Å². The number of hydrogen-bond acceptors (Lipinski definition) is 9. The molecule has 10 heteroatoms. The van der Waals surface area contributed by atoms with Crippen molar-refractivity contribution in [1.29, 1.82) is 0 Å². The fourth-order valence-electron chi connectivity index (χ4n) is 5.45. The number of methoxy groups -OCH3 is 1. The first-order valence-corrected chi connectivity index (χ1v) is 16.7. The molecule has 0 amide bonds. The van der Waals surface area contributed by atoms with Crippen LogP contribution in [0.3, 0.4) is 0 Å². The van der Waals surface area contributed by atoms with Crippen LogP contribution >= 0.6 is 7.14 Å². The van der Waals surface area contributed by atoms with Gasteiger partial charge in [-0.25, -0.2) is 0 Å². The summed E-state index contributed by atoms with van der Waals surface area (Å²) in [4.78, 5) is 4.99. The lowest BCUT2D eigenvalue weighted by Gasteiger charge is -2.42. The molecule has 40 heavy (non-hydrogen) atoms. The SMILES string of the molecule is COc1cc(N2CCC(N3CCP(C)(=O)CC3)CC2)ccc1Nc1cc(Nc2ccccc2OC(C)C)cnn1. The minimum absolute atomic E-state index is 0.0739. The Bertz CT molecular complexity index is 1330. The van der Waals surface area contributed by atoms with Crippen LogP contribution in [0.5, 0.6) is 11.5 Å². The number of ether oxygens (including phenoxy) is 2. The molecule has 0 saturated carbocycles. The third-order valence-corrected chi connectivity index (χ3v) is 9.99. The van der Waals surface area contributed by atoms with Crippen LogP contribution < -0.4 is 25.0 Å². The predicted octanol–water partition coefficient (Wildman–Crippen LogP) is 6.04. The van der Waals surface area contributed by atoms with Gasteiger partial charge in [0.25, 0.3) is 0 Å². The number of benzene rings is 2. The molecule has 2 saturated heterocycles. The van der Waals surface area contributed by atoms with Gasteiger partial charge in [0, 0.05) is 62.4 Å². The third kappa shape index (κ3) is 7.07. The van der Waals surface area contributed by atoms with Crippen molar-refractivity contribution in [2.24, 2.45) is 0 Å². The summed E-state index contributed by atoms with van der Waals surface area (Å²) in [5, 5.41) is 15.2. The van der Waals surface area contributed by atoms with Gasteiger partial charge in [-0.3, -0.25) is 4.90 Å². The maximum atomic E-state index is 12.4. The van der Waals surface area contributed by atoms with Crippen molar-refractivity contribution in [2.45, 2.75) is 38.8 Å². The minimum Gasteiger partial charge on any atom is -0.494 e. The lowest BCUT2D eigenvalue weighted by Crippen LogP contribution is -2.48. The van der Waals surface area contributed by atoms with E-state index in [2.05, 4.69) is 42.8 Å². The molecule has 1 aromatic heterocycles. The average molecular weight is 565 g/mol. The Morgan fingerprint density at radius 2 is 1.68 bits per heavy atom. The second kappa shape index (κ2) is 12.5. The molecule has 0 spiro atoms. The normalized spacial score (nSPS) is 18.0. The van der Waals surface area contributed by atoms with Crippen LogP contribution in [0.2, 0.25) is 0 Å². The Morgan fingerprint density at radius 1 is 0.950 bits per heavy atom. The fourth-order valence-corrected chi connectivity index (χ4v) is 7.04. The highest BCUT2D eigenvalue weighted by Crippen LogP contribution is 2.44. The molecule has 3 aromatic rings. The van der Waals surface area contributed by atoms with Gasteiger partial charge in [0.15, 0.2) is 5.82 Å².